The lowest BCUT2D eigenvalue weighted by molar-refractivity contribution is -0.141. The smallest absolute Gasteiger partial charge is 0.226 e. The van der Waals surface area contributed by atoms with Crippen molar-refractivity contribution in [1.82, 2.24) is 10.2 Å². The van der Waals surface area contributed by atoms with Crippen LogP contribution in [-0.2, 0) is 23.1 Å². The Labute approximate surface area is 192 Å². The zero-order chi connectivity index (χ0) is 23.0. The molecule has 2 aliphatic carbocycles. The first-order valence-corrected chi connectivity index (χ1v) is 11.4. The number of hydrogen-bond acceptors (Lipinski definition) is 6. The summed E-state index contributed by atoms with van der Waals surface area (Å²) >= 11 is 0. The van der Waals surface area contributed by atoms with Gasteiger partial charge in [0.2, 0.25) is 5.91 Å². The van der Waals surface area contributed by atoms with Crippen LogP contribution in [0.25, 0.3) is 0 Å². The average Bonchev–Trinajstić information content (AvgIpc) is 3.16. The van der Waals surface area contributed by atoms with Gasteiger partial charge in [0.05, 0.1) is 18.9 Å². The van der Waals surface area contributed by atoms with Gasteiger partial charge in [0.15, 0.2) is 23.3 Å². The molecule has 6 rings (SSSR count). The number of methoxy groups -OCH3 is 1. The van der Waals surface area contributed by atoms with Crippen LogP contribution < -0.4 is 14.8 Å². The van der Waals surface area contributed by atoms with Crippen LogP contribution in [0.15, 0.2) is 48.6 Å². The lowest BCUT2D eigenvalue weighted by Crippen LogP contribution is -2.71. The molecule has 1 fully saturated rings. The average molecular weight is 449 g/mol. The Kier molecular flexibility index (Phi) is 4.35. The molecule has 0 radical (unpaired) electrons. The number of amides is 1. The number of aromatic hydroxyl groups is 1. The number of ether oxygens (including phenoxy) is 2. The van der Waals surface area contributed by atoms with Gasteiger partial charge in [-0.25, -0.2) is 0 Å². The first-order chi connectivity index (χ1) is 15.9. The summed E-state index contributed by atoms with van der Waals surface area (Å²) in [6, 6.07) is 11.2. The molecule has 0 aromatic heterocycles. The zero-order valence-corrected chi connectivity index (χ0v) is 18.7. The molecule has 7 heteroatoms. The third-order valence-corrected chi connectivity index (χ3v) is 8.10. The SMILES string of the molecule is COc1ccc(CC(=O)N[C@]2(O)C=C[C@H]3[C@H]4Cc5ccc(O)c6c5[C@@]3(CCN4C)[C@H]2O6)cc1. The number of aliphatic hydroxyl groups is 1. The Hall–Kier alpha value is -3.03. The molecule has 2 aliphatic heterocycles. The van der Waals surface area contributed by atoms with E-state index in [1.54, 1.807) is 19.3 Å². The minimum Gasteiger partial charge on any atom is -0.504 e. The number of rotatable bonds is 4. The largest absolute Gasteiger partial charge is 0.504 e. The van der Waals surface area contributed by atoms with E-state index in [9.17, 15) is 15.0 Å². The fourth-order valence-corrected chi connectivity index (χ4v) is 6.61. The van der Waals surface area contributed by atoms with Gasteiger partial charge in [0.1, 0.15) is 5.75 Å². The van der Waals surface area contributed by atoms with E-state index in [-0.39, 0.29) is 30.0 Å². The van der Waals surface area contributed by atoms with Gasteiger partial charge in [-0.3, -0.25) is 4.79 Å². The number of benzene rings is 2. The van der Waals surface area contributed by atoms with Gasteiger partial charge in [0.25, 0.3) is 0 Å². The van der Waals surface area contributed by atoms with E-state index in [2.05, 4.69) is 23.3 Å². The molecule has 2 heterocycles. The monoisotopic (exact) mass is 448 g/mol. The molecule has 4 aliphatic rings. The van der Waals surface area contributed by atoms with Crippen molar-refractivity contribution in [3.63, 3.8) is 0 Å². The number of piperidine rings is 1. The third-order valence-electron chi connectivity index (χ3n) is 8.10. The Balaban J connectivity index is 1.36. The lowest BCUT2D eigenvalue weighted by atomic mass is 9.52. The summed E-state index contributed by atoms with van der Waals surface area (Å²) in [5.41, 5.74) is 0.811. The number of nitrogens with one attached hydrogen (secondary N) is 1. The van der Waals surface area contributed by atoms with E-state index >= 15 is 0 Å². The van der Waals surface area contributed by atoms with Crippen LogP contribution in [0.5, 0.6) is 17.2 Å². The van der Waals surface area contributed by atoms with Gasteiger partial charge in [-0.1, -0.05) is 24.3 Å². The quantitative estimate of drug-likeness (QED) is 0.489. The summed E-state index contributed by atoms with van der Waals surface area (Å²) < 4.78 is 11.5. The van der Waals surface area contributed by atoms with Crippen LogP contribution in [0, 0.1) is 5.92 Å². The van der Waals surface area contributed by atoms with Gasteiger partial charge in [0, 0.05) is 17.5 Å². The normalized spacial score (nSPS) is 33.2. The van der Waals surface area contributed by atoms with Crippen LogP contribution in [0.4, 0.5) is 0 Å². The Morgan fingerprint density at radius 3 is 2.82 bits per heavy atom. The molecule has 1 saturated heterocycles. The van der Waals surface area contributed by atoms with Crippen molar-refractivity contribution in [2.75, 3.05) is 20.7 Å². The van der Waals surface area contributed by atoms with Crippen molar-refractivity contribution in [3.05, 3.63) is 65.2 Å². The minimum atomic E-state index is -1.68. The van der Waals surface area contributed by atoms with Crippen LogP contribution >= 0.6 is 0 Å². The standard InChI is InChI=1S/C26H28N2O5/c1-28-12-11-25-18-9-10-26(31,27-21(30)13-15-3-6-17(32-2)7-4-15)24(25)33-23-20(29)8-5-16(22(23)25)14-19(18)28/h3-10,18-19,24,29,31H,11-14H2,1-2H3,(H,27,30)/t18-,19+,24+,25-,26-/m0/s1. The second-order valence-corrected chi connectivity index (χ2v) is 9.77. The Morgan fingerprint density at radius 2 is 2.06 bits per heavy atom. The van der Waals surface area contributed by atoms with Gasteiger partial charge in [-0.15, -0.1) is 0 Å². The number of hydrogen-bond donors (Lipinski definition) is 3. The number of nitrogens with zero attached hydrogens (tertiary/aromatic N) is 1. The van der Waals surface area contributed by atoms with Gasteiger partial charge in [-0.05, 0) is 61.8 Å². The zero-order valence-electron chi connectivity index (χ0n) is 18.7. The molecular formula is C26H28N2O5. The first kappa shape index (κ1) is 20.6. The van der Waals surface area contributed by atoms with E-state index in [1.807, 2.05) is 30.3 Å². The molecule has 172 valence electrons. The van der Waals surface area contributed by atoms with Crippen LogP contribution in [0.1, 0.15) is 23.1 Å². The number of carbonyl (C=O) groups is 1. The number of likely N-dealkylation sites (tertiary alicyclic amines) is 1. The van der Waals surface area contributed by atoms with Crippen molar-refractivity contribution in [3.8, 4) is 17.2 Å². The first-order valence-electron chi connectivity index (χ1n) is 11.4. The van der Waals surface area contributed by atoms with E-state index in [4.69, 9.17) is 9.47 Å². The highest BCUT2D eigenvalue weighted by Gasteiger charge is 2.68. The van der Waals surface area contributed by atoms with Gasteiger partial charge < -0.3 is 29.9 Å². The maximum absolute atomic E-state index is 13.0. The number of phenols is 1. The summed E-state index contributed by atoms with van der Waals surface area (Å²) in [5.74, 6) is 1.10. The molecule has 7 nitrogen and oxygen atoms in total. The van der Waals surface area contributed by atoms with E-state index in [1.165, 1.54) is 0 Å². The predicted octanol–water partition coefficient (Wildman–Crippen LogP) is 1.89. The number of phenolic OH excluding ortho intramolecular Hbond substituents is 1. The van der Waals surface area contributed by atoms with Crippen molar-refractivity contribution in [2.24, 2.45) is 5.92 Å². The second kappa shape index (κ2) is 6.98. The topological polar surface area (TPSA) is 91.3 Å². The molecule has 3 N–H and O–H groups in total. The summed E-state index contributed by atoms with van der Waals surface area (Å²) in [5, 5.41) is 25.2. The van der Waals surface area contributed by atoms with Crippen molar-refractivity contribution < 1.29 is 24.5 Å². The molecule has 1 spiro atoms. The maximum atomic E-state index is 13.0. The molecule has 5 atom stereocenters. The summed E-state index contributed by atoms with van der Waals surface area (Å²) in [6.45, 7) is 0.860. The summed E-state index contributed by atoms with van der Waals surface area (Å²) in [6.07, 6.45) is 4.80. The van der Waals surface area contributed by atoms with Crippen molar-refractivity contribution >= 4 is 5.91 Å². The molecule has 2 aromatic rings. The van der Waals surface area contributed by atoms with E-state index in [0.717, 1.165) is 41.8 Å². The van der Waals surface area contributed by atoms with E-state index < -0.39 is 17.2 Å². The van der Waals surface area contributed by atoms with Gasteiger partial charge in [-0.2, -0.15) is 0 Å². The highest BCUT2D eigenvalue weighted by Crippen LogP contribution is 2.63. The highest BCUT2D eigenvalue weighted by atomic mass is 16.5. The molecular weight excluding hydrogens is 420 g/mol. The second-order valence-electron chi connectivity index (χ2n) is 9.77. The number of carbonyl (C=O) groups excluding carboxylic acids is 1. The molecule has 0 saturated carbocycles. The van der Waals surface area contributed by atoms with Gasteiger partial charge >= 0.3 is 0 Å². The van der Waals surface area contributed by atoms with Crippen LogP contribution in [-0.4, -0.2) is 59.6 Å². The lowest BCUT2D eigenvalue weighted by Gasteiger charge is -2.58. The summed E-state index contributed by atoms with van der Waals surface area (Å²) in [4.78, 5) is 15.4. The fourth-order valence-electron chi connectivity index (χ4n) is 6.61. The third kappa shape index (κ3) is 2.79. The Morgan fingerprint density at radius 1 is 1.27 bits per heavy atom. The van der Waals surface area contributed by atoms with E-state index in [0.29, 0.717) is 5.75 Å². The van der Waals surface area contributed by atoms with Crippen LogP contribution in [0.2, 0.25) is 0 Å². The fraction of sp³-hybridized carbons (Fsp3) is 0.423. The number of likely N-dealkylation sites (N-methyl/N-ethyl adjacent to an activating group) is 1. The molecule has 0 unspecified atom stereocenters. The minimum absolute atomic E-state index is 0.0839. The maximum Gasteiger partial charge on any atom is 0.226 e. The van der Waals surface area contributed by atoms with Crippen molar-refractivity contribution in [2.45, 2.75) is 42.5 Å². The van der Waals surface area contributed by atoms with Crippen molar-refractivity contribution in [1.29, 1.82) is 0 Å². The van der Waals surface area contributed by atoms with Crippen LogP contribution in [0.3, 0.4) is 0 Å². The molecule has 1 amide bonds. The predicted molar refractivity (Wildman–Crippen MR) is 121 cm³/mol. The summed E-state index contributed by atoms with van der Waals surface area (Å²) in [7, 11) is 3.74. The Bertz CT molecular complexity index is 1160. The molecule has 2 bridgehead atoms. The molecule has 2 aromatic carbocycles. The highest BCUT2D eigenvalue weighted by molar-refractivity contribution is 5.80. The molecule has 33 heavy (non-hydrogen) atoms.